The Labute approximate surface area is 143 Å². The molecule has 0 atom stereocenters. The van der Waals surface area contributed by atoms with Crippen LogP contribution in [0.3, 0.4) is 0 Å². The minimum absolute atomic E-state index is 0.717. The molecule has 0 unspecified atom stereocenters. The fourth-order valence-corrected chi connectivity index (χ4v) is 3.49. The Kier molecular flexibility index (Phi) is 3.62. The highest BCUT2D eigenvalue weighted by Crippen LogP contribution is 2.31. The van der Waals surface area contributed by atoms with Crippen LogP contribution >= 0.6 is 11.3 Å². The van der Waals surface area contributed by atoms with Crippen molar-refractivity contribution in [3.63, 3.8) is 0 Å². The number of rotatable bonds is 4. The van der Waals surface area contributed by atoms with E-state index in [4.69, 9.17) is 4.98 Å². The summed E-state index contributed by atoms with van der Waals surface area (Å²) in [5, 5.41) is 13.1. The van der Waals surface area contributed by atoms with E-state index in [9.17, 15) is 0 Å². The summed E-state index contributed by atoms with van der Waals surface area (Å²) in [6, 6.07) is 12.2. The topological polar surface area (TPSA) is 71.4 Å². The summed E-state index contributed by atoms with van der Waals surface area (Å²) in [5.74, 6) is 0.717. The zero-order valence-corrected chi connectivity index (χ0v) is 14.1. The SMILES string of the molecule is Cc1cc(-c2csc(Nc3ccccc3)n2)c(C)n1-c1ncn[nH]1. The maximum atomic E-state index is 4.72. The number of hydrogen-bond acceptors (Lipinski definition) is 5. The molecule has 120 valence electrons. The molecule has 0 saturated carbocycles. The molecule has 0 bridgehead atoms. The van der Waals surface area contributed by atoms with Gasteiger partial charge in [0.2, 0.25) is 5.95 Å². The molecule has 0 aliphatic rings. The zero-order chi connectivity index (χ0) is 16.5. The molecule has 0 fully saturated rings. The number of H-pyrrole nitrogens is 1. The summed E-state index contributed by atoms with van der Waals surface area (Å²) in [5.41, 5.74) is 5.26. The predicted molar refractivity (Wildman–Crippen MR) is 96.0 cm³/mol. The summed E-state index contributed by atoms with van der Waals surface area (Å²) in [7, 11) is 0. The first kappa shape index (κ1) is 14.6. The Morgan fingerprint density at radius 2 is 2.00 bits per heavy atom. The Morgan fingerprint density at radius 3 is 2.75 bits per heavy atom. The molecule has 0 spiro atoms. The average molecular weight is 336 g/mol. The van der Waals surface area contributed by atoms with Gasteiger partial charge in [0, 0.05) is 28.0 Å². The van der Waals surface area contributed by atoms with E-state index in [0.29, 0.717) is 5.95 Å². The van der Waals surface area contributed by atoms with Gasteiger partial charge in [0.25, 0.3) is 0 Å². The van der Waals surface area contributed by atoms with Crippen molar-refractivity contribution in [1.82, 2.24) is 24.7 Å². The van der Waals surface area contributed by atoms with Crippen molar-refractivity contribution in [3.05, 3.63) is 59.5 Å². The number of hydrogen-bond donors (Lipinski definition) is 2. The number of nitrogens with one attached hydrogen (secondary N) is 2. The van der Waals surface area contributed by atoms with Crippen LogP contribution in [-0.4, -0.2) is 24.7 Å². The van der Waals surface area contributed by atoms with Crippen LogP contribution < -0.4 is 5.32 Å². The number of aryl methyl sites for hydroxylation is 1. The summed E-state index contributed by atoms with van der Waals surface area (Å²) in [4.78, 5) is 8.96. The molecule has 24 heavy (non-hydrogen) atoms. The monoisotopic (exact) mass is 336 g/mol. The van der Waals surface area contributed by atoms with Gasteiger partial charge in [0.15, 0.2) is 5.13 Å². The van der Waals surface area contributed by atoms with Gasteiger partial charge in [-0.2, -0.15) is 10.1 Å². The summed E-state index contributed by atoms with van der Waals surface area (Å²) in [6.45, 7) is 4.11. The molecule has 0 saturated heterocycles. The molecule has 0 aliphatic heterocycles. The molecule has 3 heterocycles. The Hall–Kier alpha value is -2.93. The lowest BCUT2D eigenvalue weighted by atomic mass is 10.2. The first-order valence-electron chi connectivity index (χ1n) is 7.55. The van der Waals surface area contributed by atoms with Gasteiger partial charge in [0.1, 0.15) is 6.33 Å². The molecular formula is C17H16N6S. The van der Waals surface area contributed by atoms with Gasteiger partial charge in [-0.1, -0.05) is 18.2 Å². The maximum absolute atomic E-state index is 4.72. The molecular weight excluding hydrogens is 320 g/mol. The molecule has 0 amide bonds. The predicted octanol–water partition coefficient (Wildman–Crippen LogP) is 4.08. The molecule has 6 nitrogen and oxygen atoms in total. The van der Waals surface area contributed by atoms with Crippen LogP contribution in [0.5, 0.6) is 0 Å². The lowest BCUT2D eigenvalue weighted by Gasteiger charge is -2.04. The average Bonchev–Trinajstić information content (AvgIpc) is 3.30. The van der Waals surface area contributed by atoms with Crippen molar-refractivity contribution in [2.24, 2.45) is 0 Å². The lowest BCUT2D eigenvalue weighted by Crippen LogP contribution is -2.01. The van der Waals surface area contributed by atoms with Crippen LogP contribution in [0.25, 0.3) is 17.2 Å². The number of benzene rings is 1. The van der Waals surface area contributed by atoms with E-state index in [1.807, 2.05) is 34.9 Å². The van der Waals surface area contributed by atoms with Gasteiger partial charge in [-0.3, -0.25) is 4.57 Å². The Morgan fingerprint density at radius 1 is 1.17 bits per heavy atom. The molecule has 0 radical (unpaired) electrons. The first-order valence-corrected chi connectivity index (χ1v) is 8.43. The number of thiazole rings is 1. The number of anilines is 2. The number of para-hydroxylation sites is 1. The minimum Gasteiger partial charge on any atom is -0.332 e. The normalized spacial score (nSPS) is 10.9. The first-order chi connectivity index (χ1) is 11.7. The lowest BCUT2D eigenvalue weighted by molar-refractivity contribution is 0.879. The molecule has 7 heteroatoms. The second-order valence-electron chi connectivity index (χ2n) is 5.46. The van der Waals surface area contributed by atoms with E-state index < -0.39 is 0 Å². The fraction of sp³-hybridized carbons (Fsp3) is 0.118. The van der Waals surface area contributed by atoms with Crippen LogP contribution in [0.4, 0.5) is 10.8 Å². The van der Waals surface area contributed by atoms with Crippen LogP contribution in [0.2, 0.25) is 0 Å². The van der Waals surface area contributed by atoms with E-state index in [2.05, 4.69) is 45.8 Å². The maximum Gasteiger partial charge on any atom is 0.229 e. The summed E-state index contributed by atoms with van der Waals surface area (Å²) < 4.78 is 2.05. The van der Waals surface area contributed by atoms with Gasteiger partial charge in [-0.15, -0.1) is 11.3 Å². The third-order valence-corrected chi connectivity index (χ3v) is 4.61. The van der Waals surface area contributed by atoms with Gasteiger partial charge in [0.05, 0.1) is 5.69 Å². The van der Waals surface area contributed by atoms with Crippen molar-refractivity contribution in [1.29, 1.82) is 0 Å². The largest absolute Gasteiger partial charge is 0.332 e. The van der Waals surface area contributed by atoms with Crippen LogP contribution in [-0.2, 0) is 0 Å². The zero-order valence-electron chi connectivity index (χ0n) is 13.3. The van der Waals surface area contributed by atoms with Crippen LogP contribution in [0.15, 0.2) is 48.1 Å². The molecule has 1 aromatic carbocycles. The van der Waals surface area contributed by atoms with Gasteiger partial charge >= 0.3 is 0 Å². The van der Waals surface area contributed by atoms with Crippen molar-refractivity contribution in [3.8, 4) is 17.2 Å². The molecule has 4 rings (SSSR count). The molecule has 0 aliphatic carbocycles. The quantitative estimate of drug-likeness (QED) is 0.589. The van der Waals surface area contributed by atoms with E-state index in [1.54, 1.807) is 11.3 Å². The third kappa shape index (κ3) is 2.59. The van der Waals surface area contributed by atoms with Crippen molar-refractivity contribution in [2.45, 2.75) is 13.8 Å². The molecule has 2 N–H and O–H groups in total. The van der Waals surface area contributed by atoms with E-state index >= 15 is 0 Å². The van der Waals surface area contributed by atoms with E-state index in [1.165, 1.54) is 6.33 Å². The fourth-order valence-electron chi connectivity index (χ4n) is 2.75. The number of nitrogens with zero attached hydrogens (tertiary/aromatic N) is 4. The van der Waals surface area contributed by atoms with Gasteiger partial charge in [-0.25, -0.2) is 10.1 Å². The van der Waals surface area contributed by atoms with Crippen molar-refractivity contribution < 1.29 is 0 Å². The summed E-state index contributed by atoms with van der Waals surface area (Å²) >= 11 is 1.59. The van der Waals surface area contributed by atoms with Crippen molar-refractivity contribution in [2.75, 3.05) is 5.32 Å². The summed E-state index contributed by atoms with van der Waals surface area (Å²) in [6.07, 6.45) is 1.51. The van der Waals surface area contributed by atoms with Gasteiger partial charge < -0.3 is 5.32 Å². The Bertz CT molecular complexity index is 953. The highest BCUT2D eigenvalue weighted by Gasteiger charge is 2.16. The smallest absolute Gasteiger partial charge is 0.229 e. The second kappa shape index (κ2) is 5.93. The molecule has 4 aromatic rings. The van der Waals surface area contributed by atoms with Crippen LogP contribution in [0.1, 0.15) is 11.4 Å². The van der Waals surface area contributed by atoms with Crippen LogP contribution in [0, 0.1) is 13.8 Å². The third-order valence-electron chi connectivity index (χ3n) is 3.85. The Balaban J connectivity index is 1.67. The molecule has 3 aromatic heterocycles. The van der Waals surface area contributed by atoms with E-state index in [-0.39, 0.29) is 0 Å². The minimum atomic E-state index is 0.717. The van der Waals surface area contributed by atoms with Gasteiger partial charge in [-0.05, 0) is 32.0 Å². The van der Waals surface area contributed by atoms with E-state index in [0.717, 1.165) is 33.5 Å². The number of aromatic amines is 1. The highest BCUT2D eigenvalue weighted by molar-refractivity contribution is 7.14. The van der Waals surface area contributed by atoms with Crippen molar-refractivity contribution >= 4 is 22.2 Å². The second-order valence-corrected chi connectivity index (χ2v) is 6.32. The standard InChI is InChI=1S/C17H16N6S/c1-11-8-14(12(2)23(11)16-18-10-19-22-16)15-9-24-17(21-15)20-13-6-4-3-5-7-13/h3-10H,1-2H3,(H,20,21)(H,18,19,22). The number of aromatic nitrogens is 5. The highest BCUT2D eigenvalue weighted by atomic mass is 32.1.